The number of aliphatic hydroxyl groups is 3. The average Bonchev–Trinajstić information content (AvgIpc) is 3.07. The topological polar surface area (TPSA) is 96.2 Å². The molecule has 30 heavy (non-hydrogen) atoms. The highest BCUT2D eigenvalue weighted by atomic mass is 16.6. The van der Waals surface area contributed by atoms with Crippen LogP contribution in [0.2, 0.25) is 0 Å². The summed E-state index contributed by atoms with van der Waals surface area (Å²) in [6.45, 7) is 2.00. The molecule has 0 aromatic carbocycles. The molecule has 0 amide bonds. The number of ether oxygens (including phenoxy) is 2. The fourth-order valence-corrected chi connectivity index (χ4v) is 3.65. The lowest BCUT2D eigenvalue weighted by Gasteiger charge is -2.20. The largest absolute Gasteiger partial charge is 0.463 e. The number of rotatable bonds is 18. The first-order valence-electron chi connectivity index (χ1n) is 12.0. The molecule has 3 N–H and O–H groups in total. The fraction of sp³-hybridized carbons (Fsp3) is 0.875. The highest BCUT2D eigenvalue weighted by molar-refractivity contribution is 5.69. The van der Waals surface area contributed by atoms with Crippen molar-refractivity contribution in [2.24, 2.45) is 0 Å². The minimum atomic E-state index is -1.15. The lowest BCUT2D eigenvalue weighted by Crippen LogP contribution is -2.41. The Morgan fingerprint density at radius 2 is 1.53 bits per heavy atom. The number of hydrogen-bond acceptors (Lipinski definition) is 6. The van der Waals surface area contributed by atoms with Gasteiger partial charge in [0.1, 0.15) is 31.0 Å². The van der Waals surface area contributed by atoms with Gasteiger partial charge in [0.25, 0.3) is 0 Å². The molecule has 1 heterocycles. The van der Waals surface area contributed by atoms with Crippen molar-refractivity contribution in [2.75, 3.05) is 13.2 Å². The molecule has 0 spiro atoms. The van der Waals surface area contributed by atoms with Gasteiger partial charge in [0.2, 0.25) is 0 Å². The average molecular weight is 429 g/mol. The molecule has 0 aliphatic carbocycles. The number of hydrogen-bond donors (Lipinski definition) is 3. The Morgan fingerprint density at radius 3 is 2.10 bits per heavy atom. The quantitative estimate of drug-likeness (QED) is 0.173. The van der Waals surface area contributed by atoms with Gasteiger partial charge in [0, 0.05) is 6.42 Å². The van der Waals surface area contributed by atoms with Crippen LogP contribution in [0.3, 0.4) is 0 Å². The van der Waals surface area contributed by atoms with Crippen LogP contribution in [0.1, 0.15) is 96.8 Å². The minimum Gasteiger partial charge on any atom is -0.463 e. The lowest BCUT2D eigenvalue weighted by atomic mass is 10.1. The molecule has 1 saturated heterocycles. The molecule has 1 rings (SSSR count). The van der Waals surface area contributed by atoms with Crippen LogP contribution in [0.5, 0.6) is 0 Å². The highest BCUT2D eigenvalue weighted by Gasteiger charge is 2.39. The van der Waals surface area contributed by atoms with Crippen molar-refractivity contribution >= 4 is 5.97 Å². The molecule has 176 valence electrons. The summed E-state index contributed by atoms with van der Waals surface area (Å²) in [6.07, 6.45) is 16.5. The second kappa shape index (κ2) is 17.7. The summed E-state index contributed by atoms with van der Waals surface area (Å²) in [5, 5.41) is 29.0. The molecule has 0 saturated carbocycles. The van der Waals surface area contributed by atoms with Crippen molar-refractivity contribution in [3.63, 3.8) is 0 Å². The summed E-state index contributed by atoms with van der Waals surface area (Å²) in [7, 11) is 0. The van der Waals surface area contributed by atoms with E-state index in [2.05, 4.69) is 19.1 Å². The van der Waals surface area contributed by atoms with Crippen LogP contribution in [-0.2, 0) is 14.3 Å². The zero-order valence-corrected chi connectivity index (χ0v) is 18.8. The van der Waals surface area contributed by atoms with E-state index < -0.39 is 24.4 Å². The molecular formula is C24H44O6. The van der Waals surface area contributed by atoms with E-state index in [1.54, 1.807) is 0 Å². The molecule has 1 aliphatic heterocycles. The smallest absolute Gasteiger partial charge is 0.305 e. The summed E-state index contributed by atoms with van der Waals surface area (Å²) in [5.74, 6) is -0.347. The van der Waals surface area contributed by atoms with Gasteiger partial charge in [0.05, 0.1) is 6.61 Å². The van der Waals surface area contributed by atoms with Crippen LogP contribution >= 0.6 is 0 Å². The lowest BCUT2D eigenvalue weighted by molar-refractivity contribution is -0.151. The molecule has 0 aromatic rings. The summed E-state index contributed by atoms with van der Waals surface area (Å²) >= 11 is 0. The maximum absolute atomic E-state index is 11.7. The molecule has 6 nitrogen and oxygen atoms in total. The van der Waals surface area contributed by atoms with Gasteiger partial charge in [-0.3, -0.25) is 4.79 Å². The van der Waals surface area contributed by atoms with Crippen molar-refractivity contribution in [3.05, 3.63) is 12.2 Å². The van der Waals surface area contributed by atoms with Crippen molar-refractivity contribution in [1.29, 1.82) is 0 Å². The number of unbranched alkanes of at least 4 members (excludes halogenated alkanes) is 11. The molecule has 4 atom stereocenters. The monoisotopic (exact) mass is 428 g/mol. The van der Waals surface area contributed by atoms with Gasteiger partial charge in [-0.1, -0.05) is 70.4 Å². The van der Waals surface area contributed by atoms with Crippen LogP contribution in [0.15, 0.2) is 12.2 Å². The Balaban J connectivity index is 1.87. The molecule has 1 aliphatic rings. The van der Waals surface area contributed by atoms with E-state index in [4.69, 9.17) is 9.47 Å². The van der Waals surface area contributed by atoms with Crippen LogP contribution in [0, 0.1) is 0 Å². The number of allylic oxidation sites excluding steroid dienone is 2. The zero-order valence-electron chi connectivity index (χ0n) is 18.8. The van der Waals surface area contributed by atoms with Crippen molar-refractivity contribution in [2.45, 2.75) is 121 Å². The first-order chi connectivity index (χ1) is 14.6. The number of carbonyl (C=O) groups excluding carboxylic acids is 1. The van der Waals surface area contributed by atoms with E-state index in [0.717, 1.165) is 25.7 Å². The third-order valence-corrected chi connectivity index (χ3v) is 5.63. The SMILES string of the molecule is CCCCCCCC/C=C/CCCCCCCC(=O)OCC(O)C1OCC(O)C1O. The Morgan fingerprint density at radius 1 is 0.967 bits per heavy atom. The summed E-state index contributed by atoms with van der Waals surface area (Å²) < 4.78 is 10.2. The molecule has 0 radical (unpaired) electrons. The van der Waals surface area contributed by atoms with E-state index in [-0.39, 0.29) is 19.2 Å². The van der Waals surface area contributed by atoms with Crippen molar-refractivity contribution < 1.29 is 29.6 Å². The predicted octanol–water partition coefficient (Wildman–Crippen LogP) is 4.05. The Bertz CT molecular complexity index is 453. The predicted molar refractivity (Wildman–Crippen MR) is 118 cm³/mol. The standard InChI is InChI=1S/C24H44O6/c1-2-3-4-5-6-7-8-9-10-11-12-13-14-15-16-17-22(27)29-19-21(26)24-23(28)20(25)18-30-24/h9-10,20-21,23-26,28H,2-8,11-19H2,1H3/b10-9+. The van der Waals surface area contributed by atoms with Gasteiger partial charge >= 0.3 is 5.97 Å². The Hall–Kier alpha value is -0.950. The van der Waals surface area contributed by atoms with Gasteiger partial charge in [0.15, 0.2) is 0 Å². The molecular weight excluding hydrogens is 384 g/mol. The van der Waals surface area contributed by atoms with Gasteiger partial charge in [-0.2, -0.15) is 0 Å². The van der Waals surface area contributed by atoms with Crippen LogP contribution < -0.4 is 0 Å². The summed E-state index contributed by atoms with van der Waals surface area (Å²) in [4.78, 5) is 11.7. The molecule has 0 aromatic heterocycles. The van der Waals surface area contributed by atoms with E-state index in [1.807, 2.05) is 0 Å². The molecule has 1 fully saturated rings. The maximum Gasteiger partial charge on any atom is 0.305 e. The van der Waals surface area contributed by atoms with Crippen molar-refractivity contribution in [3.8, 4) is 0 Å². The first kappa shape index (κ1) is 27.1. The number of esters is 1. The van der Waals surface area contributed by atoms with Gasteiger partial charge < -0.3 is 24.8 Å². The fourth-order valence-electron chi connectivity index (χ4n) is 3.65. The number of aliphatic hydroxyl groups excluding tert-OH is 3. The second-order valence-electron chi connectivity index (χ2n) is 8.44. The van der Waals surface area contributed by atoms with E-state index in [9.17, 15) is 20.1 Å². The second-order valence-corrected chi connectivity index (χ2v) is 8.44. The van der Waals surface area contributed by atoms with Gasteiger partial charge in [-0.05, 0) is 32.1 Å². The van der Waals surface area contributed by atoms with E-state index in [1.165, 1.54) is 57.8 Å². The molecule has 0 bridgehead atoms. The van der Waals surface area contributed by atoms with Crippen LogP contribution in [0.4, 0.5) is 0 Å². The third-order valence-electron chi connectivity index (χ3n) is 5.63. The third kappa shape index (κ3) is 12.7. The van der Waals surface area contributed by atoms with E-state index >= 15 is 0 Å². The number of carbonyl (C=O) groups is 1. The summed E-state index contributed by atoms with van der Waals surface area (Å²) in [6, 6.07) is 0. The molecule has 4 unspecified atom stereocenters. The van der Waals surface area contributed by atoms with Gasteiger partial charge in [-0.25, -0.2) is 0 Å². The maximum atomic E-state index is 11.7. The first-order valence-corrected chi connectivity index (χ1v) is 12.0. The molecule has 6 heteroatoms. The normalized spacial score (nSPS) is 22.6. The zero-order chi connectivity index (χ0) is 22.0. The van der Waals surface area contributed by atoms with Crippen LogP contribution in [-0.4, -0.2) is 58.9 Å². The minimum absolute atomic E-state index is 0.0221. The van der Waals surface area contributed by atoms with Crippen molar-refractivity contribution in [1.82, 2.24) is 0 Å². The van der Waals surface area contributed by atoms with E-state index in [0.29, 0.717) is 6.42 Å². The highest BCUT2D eigenvalue weighted by Crippen LogP contribution is 2.18. The summed E-state index contributed by atoms with van der Waals surface area (Å²) in [5.41, 5.74) is 0. The van der Waals surface area contributed by atoms with Crippen LogP contribution in [0.25, 0.3) is 0 Å². The Labute approximate surface area is 182 Å². The van der Waals surface area contributed by atoms with Gasteiger partial charge in [-0.15, -0.1) is 0 Å². The Kier molecular flexibility index (Phi) is 16.0.